The van der Waals surface area contributed by atoms with Crippen molar-refractivity contribution < 1.29 is 64.9 Å². The number of methoxy groups -OCH3 is 1. The summed E-state index contributed by atoms with van der Waals surface area (Å²) >= 11 is 6.18. The van der Waals surface area contributed by atoms with Gasteiger partial charge in [-0.15, -0.1) is 0 Å². The van der Waals surface area contributed by atoms with Gasteiger partial charge in [-0.1, -0.05) is 49.7 Å². The van der Waals surface area contributed by atoms with E-state index < -0.39 is 96.4 Å². The number of esters is 1. The van der Waals surface area contributed by atoms with Crippen LogP contribution >= 0.6 is 11.6 Å². The van der Waals surface area contributed by atoms with Gasteiger partial charge in [0.2, 0.25) is 11.7 Å². The van der Waals surface area contributed by atoms with Gasteiger partial charge in [0.05, 0.1) is 7.11 Å². The van der Waals surface area contributed by atoms with E-state index in [-0.39, 0.29) is 23.3 Å². The van der Waals surface area contributed by atoms with Gasteiger partial charge in [0.15, 0.2) is 12.4 Å². The molecule has 0 unspecified atom stereocenters. The first-order chi connectivity index (χ1) is 27.4. The largest absolute Gasteiger partial charge is 0.497 e. The van der Waals surface area contributed by atoms with Crippen molar-refractivity contribution in [3.8, 4) is 11.5 Å². The molecule has 12 nitrogen and oxygen atoms in total. The number of Topliss-reactive ketones (excluding diaryl/α,β-unsaturated/α-hetero) is 2. The normalized spacial score (nSPS) is 13.4. The second-order valence-electron chi connectivity index (χ2n) is 14.7. The third kappa shape index (κ3) is 14.9. The number of halogens is 6. The lowest BCUT2D eigenvalue weighted by molar-refractivity contribution is -0.167. The maximum atomic E-state index is 15.0. The van der Waals surface area contributed by atoms with Gasteiger partial charge in [-0.3, -0.25) is 24.0 Å². The molecule has 59 heavy (non-hydrogen) atoms. The average molecular weight is 854 g/mol. The summed E-state index contributed by atoms with van der Waals surface area (Å²) in [6, 6.07) is 14.6. The van der Waals surface area contributed by atoms with E-state index in [2.05, 4.69) is 10.6 Å². The zero-order valence-corrected chi connectivity index (χ0v) is 33.8. The van der Waals surface area contributed by atoms with Crippen molar-refractivity contribution in [1.82, 2.24) is 16.0 Å². The van der Waals surface area contributed by atoms with Crippen molar-refractivity contribution in [1.29, 1.82) is 0 Å². The Bertz CT molecular complexity index is 1970. The Morgan fingerprint density at radius 3 is 1.97 bits per heavy atom. The van der Waals surface area contributed by atoms with Gasteiger partial charge < -0.3 is 30.2 Å². The first-order valence-electron chi connectivity index (χ1n) is 18.1. The van der Waals surface area contributed by atoms with Crippen LogP contribution in [0.5, 0.6) is 11.5 Å². The maximum Gasteiger partial charge on any atom is 0.405 e. The molecule has 0 saturated carbocycles. The highest BCUT2D eigenvalue weighted by Crippen LogP contribution is 2.31. The Kier molecular flexibility index (Phi) is 16.5. The summed E-state index contributed by atoms with van der Waals surface area (Å²) in [6.07, 6.45) is -6.17. The summed E-state index contributed by atoms with van der Waals surface area (Å²) in [5.41, 5.74) is -0.0496. The summed E-state index contributed by atoms with van der Waals surface area (Å²) in [5, 5.41) is 6.50. The van der Waals surface area contributed by atoms with Crippen LogP contribution in [0.2, 0.25) is 5.02 Å². The molecule has 0 fully saturated rings. The highest BCUT2D eigenvalue weighted by Gasteiger charge is 2.52. The van der Waals surface area contributed by atoms with Crippen LogP contribution in [0, 0.1) is 11.8 Å². The predicted octanol–water partition coefficient (Wildman–Crippen LogP) is 6.38. The average Bonchev–Trinajstić information content (AvgIpc) is 3.15. The number of hydrogen-bond donors (Lipinski definition) is 3. The van der Waals surface area contributed by atoms with E-state index >= 15 is 8.78 Å². The summed E-state index contributed by atoms with van der Waals surface area (Å²) < 4.78 is 83.8. The minimum Gasteiger partial charge on any atom is -0.497 e. The van der Waals surface area contributed by atoms with Gasteiger partial charge in [0.25, 0.3) is 11.8 Å². The number of alkyl halides is 5. The van der Waals surface area contributed by atoms with E-state index in [4.69, 9.17) is 25.8 Å². The Balaban J connectivity index is 1.92. The van der Waals surface area contributed by atoms with Crippen molar-refractivity contribution in [2.45, 2.75) is 77.2 Å². The smallest absolute Gasteiger partial charge is 0.405 e. The molecule has 3 aromatic rings. The van der Waals surface area contributed by atoms with E-state index in [1.54, 1.807) is 45.0 Å². The second kappa shape index (κ2) is 20.4. The SMILES string of the molecule is COc1ccc([C@H](NC(=O)[C@H](Cc2cccc(Cl)c2)NC(=O)c2ccc(OCC(=O)OC(C)(C)C)cc2)C(=O)C[C@H](C(=O)C(F)(F)C(=O)NCC(F)(F)F)C(C)C)cc1. The van der Waals surface area contributed by atoms with Crippen molar-refractivity contribution in [2.75, 3.05) is 20.3 Å². The molecule has 18 heteroatoms. The van der Waals surface area contributed by atoms with E-state index in [0.29, 0.717) is 16.3 Å². The highest BCUT2D eigenvalue weighted by atomic mass is 35.5. The van der Waals surface area contributed by atoms with Gasteiger partial charge in [-0.05, 0) is 86.3 Å². The topological polar surface area (TPSA) is 166 Å². The number of hydrogen-bond acceptors (Lipinski definition) is 9. The highest BCUT2D eigenvalue weighted by molar-refractivity contribution is 6.30. The number of ketones is 2. The number of ether oxygens (including phenoxy) is 3. The van der Waals surface area contributed by atoms with Crippen molar-refractivity contribution in [3.05, 3.63) is 94.5 Å². The lowest BCUT2D eigenvalue weighted by Gasteiger charge is -2.27. The number of nitrogens with one attached hydrogen (secondary N) is 3. The van der Waals surface area contributed by atoms with Crippen LogP contribution in [-0.4, -0.2) is 79.3 Å². The maximum absolute atomic E-state index is 15.0. The lowest BCUT2D eigenvalue weighted by Crippen LogP contribution is -2.52. The summed E-state index contributed by atoms with van der Waals surface area (Å²) in [6.45, 7) is 5.19. The van der Waals surface area contributed by atoms with Gasteiger partial charge >= 0.3 is 18.1 Å². The standard InChI is InChI=1S/C41H45ClF5N3O9/c1-23(2)30(35(53)41(46,47)38(56)48-22-40(43,44)45)20-32(51)34(25-10-14-28(57-6)15-11-25)50-37(55)31(19-24-8-7-9-27(42)18-24)49-36(54)26-12-16-29(17-13-26)58-21-33(52)59-39(3,4)5/h7-18,23,30-31,34H,19-22H2,1-6H3,(H,48,56)(H,49,54)(H,50,55)/t30-,31-,34-/m0/s1. The molecule has 0 aliphatic carbocycles. The van der Waals surface area contributed by atoms with Crippen LogP contribution in [0.4, 0.5) is 22.0 Å². The van der Waals surface area contributed by atoms with Crippen LogP contribution in [0.1, 0.15) is 68.6 Å². The minimum absolute atomic E-state index is 0.0692. The zero-order chi connectivity index (χ0) is 44.3. The van der Waals surface area contributed by atoms with E-state index in [1.807, 2.05) is 0 Å². The Labute approximate surface area is 342 Å². The number of carbonyl (C=O) groups excluding carboxylic acids is 6. The van der Waals surface area contributed by atoms with Gasteiger partial charge in [0, 0.05) is 29.3 Å². The van der Waals surface area contributed by atoms with Crippen LogP contribution in [0.25, 0.3) is 0 Å². The number of carbonyl (C=O) groups is 6. The zero-order valence-electron chi connectivity index (χ0n) is 33.0. The molecular weight excluding hydrogens is 809 g/mol. The third-order valence-corrected chi connectivity index (χ3v) is 8.74. The molecule has 0 heterocycles. The van der Waals surface area contributed by atoms with E-state index in [9.17, 15) is 41.9 Å². The molecule has 3 amide bonds. The van der Waals surface area contributed by atoms with Crippen molar-refractivity contribution in [3.63, 3.8) is 0 Å². The first kappa shape index (κ1) is 47.8. The molecule has 0 spiro atoms. The Hall–Kier alpha value is -5.58. The van der Waals surface area contributed by atoms with Crippen molar-refractivity contribution >= 4 is 46.9 Å². The Morgan fingerprint density at radius 1 is 0.814 bits per heavy atom. The van der Waals surface area contributed by atoms with Gasteiger partial charge in [-0.25, -0.2) is 4.79 Å². The van der Waals surface area contributed by atoms with Gasteiger partial charge in [0.1, 0.15) is 35.7 Å². The molecular formula is C41H45ClF5N3O9. The quantitative estimate of drug-likeness (QED) is 0.0705. The fraction of sp³-hybridized carbons (Fsp3) is 0.415. The lowest BCUT2D eigenvalue weighted by atomic mass is 9.82. The monoisotopic (exact) mass is 853 g/mol. The molecule has 0 radical (unpaired) electrons. The molecule has 0 aliphatic rings. The van der Waals surface area contributed by atoms with Crippen LogP contribution in [0.3, 0.4) is 0 Å². The number of amides is 3. The third-order valence-electron chi connectivity index (χ3n) is 8.51. The molecule has 3 atom stereocenters. The van der Waals surface area contributed by atoms with Crippen LogP contribution in [0.15, 0.2) is 72.8 Å². The molecule has 0 aromatic heterocycles. The fourth-order valence-corrected chi connectivity index (χ4v) is 5.77. The molecule has 0 aliphatic heterocycles. The second-order valence-corrected chi connectivity index (χ2v) is 15.2. The molecule has 0 saturated heterocycles. The minimum atomic E-state index is -5.04. The van der Waals surface area contributed by atoms with Crippen LogP contribution < -0.4 is 25.4 Å². The van der Waals surface area contributed by atoms with E-state index in [0.717, 1.165) is 5.32 Å². The number of rotatable bonds is 19. The molecule has 320 valence electrons. The van der Waals surface area contributed by atoms with Gasteiger partial charge in [-0.2, -0.15) is 22.0 Å². The molecule has 3 aromatic carbocycles. The summed E-state index contributed by atoms with van der Waals surface area (Å²) in [7, 11) is 1.37. The van der Waals surface area contributed by atoms with Crippen LogP contribution in [-0.2, 0) is 35.1 Å². The molecule has 3 N–H and O–H groups in total. The first-order valence-corrected chi connectivity index (χ1v) is 18.5. The van der Waals surface area contributed by atoms with Crippen molar-refractivity contribution in [2.24, 2.45) is 11.8 Å². The molecule has 0 bridgehead atoms. The summed E-state index contributed by atoms with van der Waals surface area (Å²) in [4.78, 5) is 78.9. The van der Waals surface area contributed by atoms with E-state index in [1.165, 1.54) is 69.5 Å². The summed E-state index contributed by atoms with van der Waals surface area (Å²) in [5.74, 6) is -15.1. The Morgan fingerprint density at radius 2 is 1.42 bits per heavy atom. The predicted molar refractivity (Wildman–Crippen MR) is 205 cm³/mol. The molecule has 3 rings (SSSR count). The number of benzene rings is 3. The fourth-order valence-electron chi connectivity index (χ4n) is 5.56.